The van der Waals surface area contributed by atoms with Crippen LogP contribution in [0.2, 0.25) is 0 Å². The van der Waals surface area contributed by atoms with Gasteiger partial charge in [0.2, 0.25) is 5.36 Å². The van der Waals surface area contributed by atoms with Gasteiger partial charge in [-0.1, -0.05) is 19.9 Å². The number of fused-ring (bicyclic) bond motifs is 4. The Kier molecular flexibility index (Phi) is 15.9. The van der Waals surface area contributed by atoms with Crippen LogP contribution < -0.4 is 20.1 Å². The maximum Gasteiger partial charge on any atom is 0.313 e. The smallest absolute Gasteiger partial charge is 0.313 e. The number of carbonyl (C=O) groups is 1. The first-order valence-electron chi connectivity index (χ1n) is 23.9. The van der Waals surface area contributed by atoms with E-state index in [0.717, 1.165) is 30.3 Å². The number of hydrogen-bond acceptors (Lipinski definition) is 15. The third-order valence-corrected chi connectivity index (χ3v) is 20.8. The number of rotatable bonds is 16. The molecule has 7 N–H and O–H groups in total. The van der Waals surface area contributed by atoms with E-state index in [2.05, 4.69) is 0 Å². The molecule has 5 aromatic rings. The highest BCUT2D eigenvalue weighted by molar-refractivity contribution is 8.00. The summed E-state index contributed by atoms with van der Waals surface area (Å²) in [5.41, 5.74) is -8.31. The molecule has 448 valence electrons. The summed E-state index contributed by atoms with van der Waals surface area (Å²) in [7, 11) is -30.9. The summed E-state index contributed by atoms with van der Waals surface area (Å²) in [5, 5.41) is 8.92. The van der Waals surface area contributed by atoms with E-state index in [-0.39, 0.29) is 79.0 Å². The topological polar surface area (TPSA) is 370 Å². The minimum atomic E-state index is -5.34. The number of carboxylic acid groups (broad SMARTS) is 1. The van der Waals surface area contributed by atoms with Gasteiger partial charge in [0.05, 0.1) is 37.3 Å². The fourth-order valence-corrected chi connectivity index (χ4v) is 15.9. The molecule has 1 aliphatic carbocycles. The minimum Gasteiger partial charge on any atom is -0.481 e. The van der Waals surface area contributed by atoms with Crippen LogP contribution in [-0.2, 0) is 84.0 Å². The zero-order chi connectivity index (χ0) is 62.2. The van der Waals surface area contributed by atoms with Crippen LogP contribution in [0.3, 0.4) is 0 Å². The molecule has 0 spiro atoms. The molecule has 0 saturated heterocycles. The molecule has 0 amide bonds. The molecule has 8 rings (SSSR count). The van der Waals surface area contributed by atoms with Crippen molar-refractivity contribution in [2.75, 3.05) is 22.2 Å². The molecule has 0 aromatic heterocycles. The van der Waals surface area contributed by atoms with Crippen LogP contribution in [0, 0.1) is 23.3 Å². The van der Waals surface area contributed by atoms with Crippen molar-refractivity contribution in [1.29, 1.82) is 0 Å². The van der Waals surface area contributed by atoms with E-state index in [1.54, 1.807) is 13.8 Å². The van der Waals surface area contributed by atoms with Crippen molar-refractivity contribution in [3.05, 3.63) is 145 Å². The molecule has 0 saturated carbocycles. The van der Waals surface area contributed by atoms with Gasteiger partial charge >= 0.3 is 5.97 Å². The van der Waals surface area contributed by atoms with Crippen molar-refractivity contribution < 1.29 is 105 Å². The Morgan fingerprint density at radius 1 is 0.651 bits per heavy atom. The van der Waals surface area contributed by atoms with Crippen LogP contribution >= 0.6 is 11.8 Å². The lowest BCUT2D eigenvalue weighted by atomic mass is 9.66. The number of anilines is 1. The molecule has 3 aliphatic rings. The quantitative estimate of drug-likeness (QED) is 0.0219. The Bertz CT molecular complexity index is 4580. The fraction of sp³-hybridized carbons (Fsp3) is 0.320. The van der Waals surface area contributed by atoms with E-state index < -0.39 is 178 Å². The minimum absolute atomic E-state index is 0.0198. The number of benzene rings is 5. The van der Waals surface area contributed by atoms with Crippen LogP contribution in [0.25, 0.3) is 11.1 Å². The summed E-state index contributed by atoms with van der Waals surface area (Å²) in [5.74, 6) is -14.7. The molecule has 5 aromatic carbocycles. The molecule has 33 heteroatoms. The summed E-state index contributed by atoms with van der Waals surface area (Å²) in [6.07, 6.45) is 1.00. The Morgan fingerprint density at radius 3 is 1.67 bits per heavy atom. The monoisotopic (exact) mass is 1300 g/mol. The van der Waals surface area contributed by atoms with Crippen LogP contribution in [-0.4, -0.2) is 117 Å². The Hall–Kier alpha value is -5.69. The third-order valence-electron chi connectivity index (χ3n) is 14.7. The van der Waals surface area contributed by atoms with Crippen molar-refractivity contribution in [3.8, 4) is 0 Å². The van der Waals surface area contributed by atoms with Gasteiger partial charge in [-0.15, -0.1) is 11.8 Å². The number of halogens is 4. The molecule has 1 unspecified atom stereocenters. The predicted molar refractivity (Wildman–Crippen MR) is 290 cm³/mol. The Balaban J connectivity index is 1.58. The van der Waals surface area contributed by atoms with Crippen molar-refractivity contribution >= 4 is 95.3 Å². The first-order valence-corrected chi connectivity index (χ1v) is 33.9. The summed E-state index contributed by atoms with van der Waals surface area (Å²) >= 11 is -0.115. The lowest BCUT2D eigenvalue weighted by molar-refractivity contribution is -0.133. The second-order valence-corrected chi connectivity index (χ2v) is 31.2. The number of carboxylic acids is 1. The second-order valence-electron chi connectivity index (χ2n) is 21.6. The number of thioether (sulfide) groups is 1. The molecule has 2 aliphatic heterocycles. The van der Waals surface area contributed by atoms with Gasteiger partial charge < -0.3 is 10.0 Å². The summed E-state index contributed by atoms with van der Waals surface area (Å²) < 4.78 is 282. The van der Waals surface area contributed by atoms with E-state index in [0.29, 0.717) is 12.1 Å². The second kappa shape index (κ2) is 20.8. The zero-order valence-electron chi connectivity index (χ0n) is 43.9. The van der Waals surface area contributed by atoms with Crippen molar-refractivity contribution in [3.63, 3.8) is 0 Å². The van der Waals surface area contributed by atoms with Crippen LogP contribution in [0.1, 0.15) is 98.4 Å². The fourth-order valence-electron chi connectivity index (χ4n) is 11.2. The number of nitrogens with zero attached hydrogens (tertiary/aromatic N) is 2. The summed E-state index contributed by atoms with van der Waals surface area (Å²) in [4.78, 5) is 7.66. The number of aliphatic carboxylic acids is 1. The first-order chi connectivity index (χ1) is 37.6. The summed E-state index contributed by atoms with van der Waals surface area (Å²) in [6.45, 7) is 7.87. The van der Waals surface area contributed by atoms with Gasteiger partial charge in [-0.05, 0) is 113 Å². The molecular weight excluding hydrogens is 1250 g/mol. The predicted octanol–water partition coefficient (Wildman–Crippen LogP) is 5.21. The average Bonchev–Trinajstić information content (AvgIpc) is 3.40. The highest BCUT2D eigenvalue weighted by atomic mass is 32.2. The third kappa shape index (κ3) is 12.3. The maximum absolute atomic E-state index is 17.3. The molecule has 22 nitrogen and oxygen atoms in total. The largest absolute Gasteiger partial charge is 0.481 e. The van der Waals surface area contributed by atoms with Gasteiger partial charge in [0.15, 0.2) is 35.4 Å². The number of hydrogen-bond donors (Lipinski definition) is 7. The molecule has 83 heavy (non-hydrogen) atoms. The Morgan fingerprint density at radius 2 is 1.18 bits per heavy atom. The highest BCUT2D eigenvalue weighted by Gasteiger charge is 2.46. The van der Waals surface area contributed by atoms with Crippen molar-refractivity contribution in [2.24, 2.45) is 0 Å². The molecule has 0 bridgehead atoms. The van der Waals surface area contributed by atoms with E-state index in [9.17, 15) is 87.7 Å². The lowest BCUT2D eigenvalue weighted by Gasteiger charge is -2.49. The molecule has 0 radical (unpaired) electrons. The van der Waals surface area contributed by atoms with Gasteiger partial charge in [-0.3, -0.25) is 32.1 Å². The van der Waals surface area contributed by atoms with Gasteiger partial charge in [-0.25, -0.2) is 22.1 Å². The van der Waals surface area contributed by atoms with Gasteiger partial charge in [0.25, 0.3) is 60.7 Å². The Labute approximate surface area is 477 Å². The highest BCUT2D eigenvalue weighted by Crippen LogP contribution is 2.52. The van der Waals surface area contributed by atoms with E-state index in [4.69, 9.17) is 0 Å². The van der Waals surface area contributed by atoms with Gasteiger partial charge in [-0.2, -0.15) is 50.5 Å². The van der Waals surface area contributed by atoms with E-state index in [1.165, 1.54) is 61.4 Å². The standard InChI is InChI=1S/C50H48F4N2O20S7/c1-48(2)17-26(22-78(59,60)61)30-13-32-34(15-36(30)55(48)19-24-7-9-28(80(65,66)67)11-38(24)82(71,72)73)50(5,6)35-16-37-31(14-33(35)41(32)42-43(51)45(53)47(46(54)44(42)52)77-21-40(57)58)27(23-79(62,63)64)18-49(3,4)56(37)20-25-8-10-29(81(68,69)70)12-39(25)83(74,75)76/h7-17,27H,18-23H2,1-6H3,(H6-,57,58,59,60,61,62,63,64,65,66,67,68,69,70,71,72,73,74,75,76)/p+1. The molecular formula is C50H49F4N2O20S7+. The maximum atomic E-state index is 17.3. The van der Waals surface area contributed by atoms with Gasteiger partial charge in [0.1, 0.15) is 15.5 Å². The normalized spacial score (nSPS) is 17.8. The first kappa shape index (κ1) is 63.3. The van der Waals surface area contributed by atoms with Crippen molar-refractivity contribution in [1.82, 2.24) is 4.58 Å². The zero-order valence-corrected chi connectivity index (χ0v) is 49.6. The van der Waals surface area contributed by atoms with Crippen LogP contribution in [0.15, 0.2) is 91.2 Å². The van der Waals surface area contributed by atoms with E-state index >= 15 is 17.6 Å². The molecule has 0 fully saturated rings. The van der Waals surface area contributed by atoms with Crippen LogP contribution in [0.5, 0.6) is 0 Å². The van der Waals surface area contributed by atoms with Crippen LogP contribution in [0.4, 0.5) is 23.2 Å². The summed E-state index contributed by atoms with van der Waals surface area (Å²) in [6, 6.07) is 9.44. The molecule has 2 heterocycles. The SMILES string of the molecule is CC1(C)c2cc3c(cc2C(c2c(F)c(F)c(SCC(=O)O)c(F)c2F)=c2cc4c(cc21)=[N+](Cc1ccc(S(=O)(=O)O)cc1S(=O)(=O)O)C(C)(C)C=C4CS(=O)(=O)O)C(CS(=O)(=O)O)CC(C)(C)N3Cc1ccc(S(=O)(=O)O)cc1S(=O)(=O)O. The lowest BCUT2D eigenvalue weighted by Crippen LogP contribution is -2.51. The van der Waals surface area contributed by atoms with E-state index in [1.807, 2.05) is 0 Å². The average molecular weight is 1300 g/mol. The molecule has 1 atom stereocenters. The van der Waals surface area contributed by atoms with Crippen molar-refractivity contribution in [2.45, 2.75) is 108 Å². The van der Waals surface area contributed by atoms with Gasteiger partial charge in [0, 0.05) is 60.2 Å².